The molecule has 0 N–H and O–H groups in total. The fourth-order valence-corrected chi connectivity index (χ4v) is 16.6. The molecule has 12 aromatic carbocycles. The van der Waals surface area contributed by atoms with Gasteiger partial charge in [-0.15, -0.1) is 0 Å². The Bertz CT molecular complexity index is 4150. The van der Waals surface area contributed by atoms with Crippen molar-refractivity contribution >= 4 is 77.5 Å². The first-order valence-corrected chi connectivity index (χ1v) is 27.1. The Hall–Kier alpha value is -7.49. The molecule has 2 aliphatic carbocycles. The Morgan fingerprint density at radius 3 is 1.58 bits per heavy atom. The van der Waals surface area contributed by atoms with Crippen LogP contribution in [0, 0.1) is 0 Å². The van der Waals surface area contributed by atoms with Crippen molar-refractivity contribution in [3.05, 3.63) is 259 Å². The molecule has 0 bridgehead atoms. The number of fused-ring (bicyclic) bond motifs is 17. The summed E-state index contributed by atoms with van der Waals surface area (Å²) in [6.07, 6.45) is 0. The van der Waals surface area contributed by atoms with E-state index in [1.54, 1.807) is 0 Å². The van der Waals surface area contributed by atoms with E-state index in [4.69, 9.17) is 0 Å². The first-order chi connectivity index (χ1) is 34.2. The summed E-state index contributed by atoms with van der Waals surface area (Å²) in [5.41, 5.74) is 23.3. The molecule has 0 amide bonds. The third-order valence-corrected chi connectivity index (χ3v) is 19.6. The summed E-state index contributed by atoms with van der Waals surface area (Å²) in [4.78, 5) is 0. The van der Waals surface area contributed by atoms with E-state index >= 15 is 0 Å². The fraction of sp³-hybridized carbons (Fsp3) is 0.0149. The third kappa shape index (κ3) is 5.47. The van der Waals surface area contributed by atoms with Crippen molar-refractivity contribution in [2.75, 3.05) is 0 Å². The Morgan fingerprint density at radius 1 is 0.290 bits per heavy atom. The van der Waals surface area contributed by atoms with Gasteiger partial charge in [0, 0.05) is 0 Å². The Balaban J connectivity index is 1.08. The molecule has 0 saturated carbocycles. The van der Waals surface area contributed by atoms with E-state index in [0.717, 1.165) is 0 Å². The Labute approximate surface area is 416 Å². The molecule has 3 aliphatic rings. The molecule has 0 aromatic heterocycles. The van der Waals surface area contributed by atoms with Crippen LogP contribution < -0.4 is 13.2 Å². The van der Waals surface area contributed by atoms with Gasteiger partial charge in [-0.2, -0.15) is 0 Å². The number of hydrogen-bond acceptors (Lipinski definition) is 0. The fourth-order valence-electron chi connectivity index (χ4n) is 12.8. The van der Waals surface area contributed by atoms with Gasteiger partial charge in [-0.25, -0.2) is 0 Å². The summed E-state index contributed by atoms with van der Waals surface area (Å²) in [6, 6.07) is 90.2. The molecule has 2 heteroatoms. The molecule has 315 valence electrons. The molecule has 12 aromatic rings. The molecule has 1 spiro atoms. The maximum atomic E-state index is 2.54. The van der Waals surface area contributed by atoms with Crippen LogP contribution in [0.5, 0.6) is 0 Å². The van der Waals surface area contributed by atoms with Crippen molar-refractivity contribution in [3.63, 3.8) is 0 Å². The van der Waals surface area contributed by atoms with E-state index in [0.29, 0.717) is 0 Å². The average molecular weight is 989 g/mol. The van der Waals surface area contributed by atoms with Crippen LogP contribution in [-0.4, -0.2) is 31.9 Å². The average Bonchev–Trinajstić information content (AvgIpc) is 4.05. The summed E-state index contributed by atoms with van der Waals surface area (Å²) >= 11 is 1.68. The standard InChI is InChI=1S/C67H39Ge2/c68-61-34-9-5-19-44(61)42-18-11-17-41(38-42)43-24-12-26-50-55(43)39-56-46(52-28-14-29-53-49-23-6-10-35-62(49)69-66(52)53)25-13-27-51(56)63(50)54-30-15-33-59-65(54)64-45-20-2-1-16-40(45)36-37-60(64)67(59)57-31-7-3-21-47(57)48-22-4-8-32-58(48)67/h1-39H. The van der Waals surface area contributed by atoms with Crippen LogP contribution in [0.25, 0.3) is 110 Å². The molecule has 1 heterocycles. The second-order valence-electron chi connectivity index (χ2n) is 18.9. The van der Waals surface area contributed by atoms with Crippen LogP contribution >= 0.6 is 0 Å². The molecule has 69 heavy (non-hydrogen) atoms. The molecule has 0 fully saturated rings. The van der Waals surface area contributed by atoms with E-state index in [1.807, 2.05) is 0 Å². The molecule has 0 saturated heterocycles. The Kier molecular flexibility index (Phi) is 8.59. The van der Waals surface area contributed by atoms with Crippen LogP contribution in [0.4, 0.5) is 0 Å². The second-order valence-corrected chi connectivity index (χ2v) is 22.7. The van der Waals surface area contributed by atoms with E-state index in [-0.39, 0.29) is 0 Å². The van der Waals surface area contributed by atoms with Crippen LogP contribution in [0.15, 0.2) is 237 Å². The van der Waals surface area contributed by atoms with Crippen molar-refractivity contribution in [1.29, 1.82) is 0 Å². The minimum atomic E-state index is -0.541. The van der Waals surface area contributed by atoms with E-state index < -0.39 is 20.8 Å². The van der Waals surface area contributed by atoms with Gasteiger partial charge in [-0.1, -0.05) is 42.5 Å². The van der Waals surface area contributed by atoms with Gasteiger partial charge in [-0.05, 0) is 0 Å². The van der Waals surface area contributed by atoms with Crippen LogP contribution in [-0.2, 0) is 5.41 Å². The predicted octanol–water partition coefficient (Wildman–Crippen LogP) is 14.6. The van der Waals surface area contributed by atoms with E-state index in [1.165, 1.54) is 146 Å². The van der Waals surface area contributed by atoms with Crippen molar-refractivity contribution < 1.29 is 0 Å². The first kappa shape index (κ1) is 39.5. The summed E-state index contributed by atoms with van der Waals surface area (Å²) in [5.74, 6) is 0. The summed E-state index contributed by atoms with van der Waals surface area (Å²) in [6.45, 7) is 0. The normalized spacial score (nSPS) is 13.3. The quantitative estimate of drug-likeness (QED) is 0.122. The zero-order chi connectivity index (χ0) is 45.4. The zero-order valence-electron chi connectivity index (χ0n) is 37.5. The third-order valence-electron chi connectivity index (χ3n) is 15.6. The van der Waals surface area contributed by atoms with Crippen LogP contribution in [0.1, 0.15) is 22.3 Å². The summed E-state index contributed by atoms with van der Waals surface area (Å²) in [5, 5.41) is 7.66. The zero-order valence-corrected chi connectivity index (χ0v) is 41.7. The molecular weight excluding hydrogens is 950 g/mol. The van der Waals surface area contributed by atoms with Gasteiger partial charge in [0.15, 0.2) is 0 Å². The predicted molar refractivity (Wildman–Crippen MR) is 293 cm³/mol. The second kappa shape index (κ2) is 15.0. The van der Waals surface area contributed by atoms with Crippen molar-refractivity contribution in [3.8, 4) is 77.9 Å². The number of rotatable bonds is 4. The van der Waals surface area contributed by atoms with Crippen LogP contribution in [0.3, 0.4) is 0 Å². The molecule has 1 aliphatic heterocycles. The molecule has 5 radical (unpaired) electrons. The molecule has 15 rings (SSSR count). The van der Waals surface area contributed by atoms with Crippen molar-refractivity contribution in [1.82, 2.24) is 0 Å². The van der Waals surface area contributed by atoms with Gasteiger partial charge < -0.3 is 0 Å². The minimum absolute atomic E-state index is 0.478. The first-order valence-electron chi connectivity index (χ1n) is 23.9. The van der Waals surface area contributed by atoms with Gasteiger partial charge in [0.25, 0.3) is 0 Å². The van der Waals surface area contributed by atoms with Crippen molar-refractivity contribution in [2.45, 2.75) is 5.41 Å². The van der Waals surface area contributed by atoms with E-state index in [2.05, 4.69) is 253 Å². The number of benzene rings is 12. The number of hydrogen-bond donors (Lipinski definition) is 0. The van der Waals surface area contributed by atoms with Gasteiger partial charge in [0.1, 0.15) is 0 Å². The molecular formula is C67H39Ge2. The van der Waals surface area contributed by atoms with Gasteiger partial charge >= 0.3 is 377 Å². The maximum absolute atomic E-state index is 2.54. The van der Waals surface area contributed by atoms with Gasteiger partial charge in [-0.3, -0.25) is 0 Å². The molecule has 0 unspecified atom stereocenters. The summed E-state index contributed by atoms with van der Waals surface area (Å²) in [7, 11) is 0. The van der Waals surface area contributed by atoms with E-state index in [9.17, 15) is 0 Å². The SMILES string of the molecule is [Ge][c]1ccccc1-c1cccc(-c2cccc3c(-c4cccc5c4-c4c(ccc6ccccc46)C54c5ccccc5-c5ccccc54)c4cccc(-c5cccc6[c]5[Ge][c]5ccccc5-6)c4cc23)c1. The van der Waals surface area contributed by atoms with Gasteiger partial charge in [0.2, 0.25) is 0 Å². The van der Waals surface area contributed by atoms with Crippen molar-refractivity contribution in [2.24, 2.45) is 0 Å². The molecule has 0 nitrogen and oxygen atoms in total. The topological polar surface area (TPSA) is 0 Å². The van der Waals surface area contributed by atoms with Gasteiger partial charge in [0.05, 0.1) is 0 Å². The monoisotopic (exact) mass is 991 g/mol. The summed E-state index contributed by atoms with van der Waals surface area (Å²) < 4.78 is 4.34. The van der Waals surface area contributed by atoms with Crippen LogP contribution in [0.2, 0.25) is 0 Å². The molecule has 0 atom stereocenters. The Morgan fingerprint density at radius 2 is 0.797 bits per heavy atom.